The first kappa shape index (κ1) is 12.0. The quantitative estimate of drug-likeness (QED) is 0.815. The number of phenolic OH excluding ortho intramolecular Hbond substituents is 1. The zero-order valence-corrected chi connectivity index (χ0v) is 9.58. The molecule has 15 heavy (non-hydrogen) atoms. The predicted molar refractivity (Wildman–Crippen MR) is 59.0 cm³/mol. The third kappa shape index (κ3) is 3.21. The van der Waals surface area contributed by atoms with Crippen molar-refractivity contribution in [2.45, 2.75) is 25.6 Å². The van der Waals surface area contributed by atoms with E-state index in [-0.39, 0.29) is 12.3 Å². The number of benzene rings is 1. The maximum Gasteiger partial charge on any atom is 0.214 e. The number of para-hydroxylation sites is 1. The summed E-state index contributed by atoms with van der Waals surface area (Å²) in [5, 5.41) is 8.94. The lowest BCUT2D eigenvalue weighted by Gasteiger charge is -2.10. The van der Waals surface area contributed by atoms with Crippen molar-refractivity contribution in [1.82, 2.24) is 4.72 Å². The van der Waals surface area contributed by atoms with Crippen molar-refractivity contribution < 1.29 is 13.5 Å². The van der Waals surface area contributed by atoms with Gasteiger partial charge in [0, 0.05) is 12.1 Å². The molecule has 1 aromatic carbocycles. The number of nitrogens with one attached hydrogen (secondary N) is 1. The molecule has 84 valence electrons. The van der Waals surface area contributed by atoms with E-state index in [4.69, 9.17) is 0 Å². The highest BCUT2D eigenvalue weighted by atomic mass is 32.2. The Morgan fingerprint density at radius 3 is 2.47 bits per heavy atom. The molecule has 0 bridgehead atoms. The van der Waals surface area contributed by atoms with Gasteiger partial charge in [-0.1, -0.05) is 18.2 Å². The molecule has 0 aliphatic carbocycles. The minimum Gasteiger partial charge on any atom is -0.508 e. The summed E-state index contributed by atoms with van der Waals surface area (Å²) >= 11 is 0. The third-order valence-electron chi connectivity index (χ3n) is 2.08. The summed E-state index contributed by atoms with van der Waals surface area (Å²) in [6, 6.07) is 6.64. The molecule has 0 saturated heterocycles. The topological polar surface area (TPSA) is 66.4 Å². The first-order valence-corrected chi connectivity index (χ1v) is 6.23. The van der Waals surface area contributed by atoms with Crippen LogP contribution in [0, 0.1) is 0 Å². The molecule has 2 N–H and O–H groups in total. The maximum atomic E-state index is 11.4. The highest BCUT2D eigenvalue weighted by Crippen LogP contribution is 2.15. The van der Waals surface area contributed by atoms with Crippen molar-refractivity contribution in [2.24, 2.45) is 0 Å². The Labute approximate surface area is 90.0 Å². The molecular weight excluding hydrogens is 214 g/mol. The van der Waals surface area contributed by atoms with Gasteiger partial charge in [-0.2, -0.15) is 0 Å². The van der Waals surface area contributed by atoms with Crippen LogP contribution in [0.3, 0.4) is 0 Å². The molecule has 4 nitrogen and oxygen atoms in total. The fourth-order valence-corrected chi connectivity index (χ4v) is 1.70. The fraction of sp³-hybridized carbons (Fsp3) is 0.400. The van der Waals surface area contributed by atoms with Gasteiger partial charge in [-0.3, -0.25) is 0 Å². The highest BCUT2D eigenvalue weighted by molar-refractivity contribution is 7.90. The van der Waals surface area contributed by atoms with Gasteiger partial charge in [-0.25, -0.2) is 13.1 Å². The molecule has 0 aromatic heterocycles. The molecule has 0 aliphatic heterocycles. The Hall–Kier alpha value is -1.07. The first-order valence-electron chi connectivity index (χ1n) is 4.69. The third-order valence-corrected chi connectivity index (χ3v) is 3.86. The van der Waals surface area contributed by atoms with Gasteiger partial charge in [-0.15, -0.1) is 0 Å². The number of hydrogen-bond donors (Lipinski definition) is 2. The van der Waals surface area contributed by atoms with Crippen LogP contribution in [-0.2, 0) is 16.6 Å². The molecule has 1 rings (SSSR count). The van der Waals surface area contributed by atoms with Gasteiger partial charge >= 0.3 is 0 Å². The second-order valence-electron chi connectivity index (χ2n) is 3.54. The summed E-state index contributed by atoms with van der Waals surface area (Å²) in [4.78, 5) is 0. The summed E-state index contributed by atoms with van der Waals surface area (Å²) in [5.74, 6) is 0.101. The van der Waals surface area contributed by atoms with Gasteiger partial charge < -0.3 is 5.11 Å². The Balaban J connectivity index is 2.70. The zero-order valence-electron chi connectivity index (χ0n) is 8.77. The first-order chi connectivity index (χ1) is 6.93. The van der Waals surface area contributed by atoms with E-state index in [2.05, 4.69) is 4.72 Å². The van der Waals surface area contributed by atoms with Gasteiger partial charge in [0.2, 0.25) is 10.0 Å². The van der Waals surface area contributed by atoms with Crippen molar-refractivity contribution in [3.8, 4) is 5.75 Å². The number of rotatable bonds is 4. The Bertz CT molecular complexity index is 426. The number of phenols is 1. The zero-order chi connectivity index (χ0) is 11.5. The van der Waals surface area contributed by atoms with E-state index in [1.165, 1.54) is 6.07 Å². The van der Waals surface area contributed by atoms with E-state index in [0.29, 0.717) is 5.56 Å². The van der Waals surface area contributed by atoms with Crippen molar-refractivity contribution in [1.29, 1.82) is 0 Å². The lowest BCUT2D eigenvalue weighted by molar-refractivity contribution is 0.467. The molecule has 0 aliphatic rings. The molecule has 0 fully saturated rings. The van der Waals surface area contributed by atoms with Crippen LogP contribution in [0.15, 0.2) is 24.3 Å². The molecule has 0 heterocycles. The number of aromatic hydroxyl groups is 1. The van der Waals surface area contributed by atoms with E-state index in [9.17, 15) is 13.5 Å². The van der Waals surface area contributed by atoms with Gasteiger partial charge in [0.05, 0.1) is 5.25 Å². The minimum absolute atomic E-state index is 0.101. The largest absolute Gasteiger partial charge is 0.508 e. The van der Waals surface area contributed by atoms with E-state index >= 15 is 0 Å². The monoisotopic (exact) mass is 229 g/mol. The van der Waals surface area contributed by atoms with Crippen LogP contribution in [0.5, 0.6) is 5.75 Å². The van der Waals surface area contributed by atoms with Crippen LogP contribution in [0.25, 0.3) is 0 Å². The van der Waals surface area contributed by atoms with Gasteiger partial charge in [0.1, 0.15) is 5.75 Å². The van der Waals surface area contributed by atoms with Crippen molar-refractivity contribution in [3.63, 3.8) is 0 Å². The summed E-state index contributed by atoms with van der Waals surface area (Å²) in [7, 11) is -3.27. The van der Waals surface area contributed by atoms with E-state index < -0.39 is 15.3 Å². The smallest absolute Gasteiger partial charge is 0.214 e. The van der Waals surface area contributed by atoms with Crippen molar-refractivity contribution in [2.75, 3.05) is 0 Å². The van der Waals surface area contributed by atoms with Crippen LogP contribution in [0.2, 0.25) is 0 Å². The lowest BCUT2D eigenvalue weighted by Crippen LogP contribution is -2.30. The maximum absolute atomic E-state index is 11.4. The average molecular weight is 229 g/mol. The molecular formula is C10H15NO3S. The Kier molecular flexibility index (Phi) is 3.71. The molecule has 5 heteroatoms. The average Bonchev–Trinajstić information content (AvgIpc) is 2.16. The lowest BCUT2D eigenvalue weighted by atomic mass is 10.2. The van der Waals surface area contributed by atoms with E-state index in [1.807, 2.05) is 0 Å². The molecule has 0 atom stereocenters. The van der Waals surface area contributed by atoms with Gasteiger partial charge in [0.15, 0.2) is 0 Å². The molecule has 0 radical (unpaired) electrons. The second kappa shape index (κ2) is 4.63. The normalized spacial score (nSPS) is 11.9. The number of hydrogen-bond acceptors (Lipinski definition) is 3. The summed E-state index contributed by atoms with van der Waals surface area (Å²) in [6.07, 6.45) is 0. The fourth-order valence-electron chi connectivity index (χ4n) is 1.01. The minimum atomic E-state index is -3.27. The number of sulfonamides is 1. The summed E-state index contributed by atoms with van der Waals surface area (Å²) in [6.45, 7) is 3.33. The van der Waals surface area contributed by atoms with Crippen molar-refractivity contribution >= 4 is 10.0 Å². The van der Waals surface area contributed by atoms with E-state index in [0.717, 1.165) is 0 Å². The van der Waals surface area contributed by atoms with Crippen molar-refractivity contribution in [3.05, 3.63) is 29.8 Å². The molecule has 1 aromatic rings. The van der Waals surface area contributed by atoms with Crippen LogP contribution in [0.4, 0.5) is 0 Å². The summed E-state index contributed by atoms with van der Waals surface area (Å²) in [5.41, 5.74) is 0.571. The van der Waals surface area contributed by atoms with Gasteiger partial charge in [0.25, 0.3) is 0 Å². The molecule has 0 unspecified atom stereocenters. The SMILES string of the molecule is CC(C)S(=O)(=O)NCc1ccccc1O. The standard InChI is InChI=1S/C10H15NO3S/c1-8(2)15(13,14)11-7-9-5-3-4-6-10(9)12/h3-6,8,11-12H,7H2,1-2H3. The van der Waals surface area contributed by atoms with Crippen LogP contribution >= 0.6 is 0 Å². The molecule has 0 amide bonds. The van der Waals surface area contributed by atoms with E-state index in [1.54, 1.807) is 32.0 Å². The highest BCUT2D eigenvalue weighted by Gasteiger charge is 2.15. The summed E-state index contributed by atoms with van der Waals surface area (Å²) < 4.78 is 25.3. The predicted octanol–water partition coefficient (Wildman–Crippen LogP) is 1.22. The van der Waals surface area contributed by atoms with Crippen LogP contribution in [0.1, 0.15) is 19.4 Å². The molecule has 0 spiro atoms. The Morgan fingerprint density at radius 2 is 1.93 bits per heavy atom. The molecule has 0 saturated carbocycles. The van der Waals surface area contributed by atoms with Crippen LogP contribution < -0.4 is 4.72 Å². The van der Waals surface area contributed by atoms with Crippen LogP contribution in [-0.4, -0.2) is 18.8 Å². The Morgan fingerprint density at radius 1 is 1.33 bits per heavy atom. The van der Waals surface area contributed by atoms with Gasteiger partial charge in [-0.05, 0) is 19.9 Å². The second-order valence-corrected chi connectivity index (χ2v) is 5.87.